The van der Waals surface area contributed by atoms with Gasteiger partial charge in [-0.2, -0.15) is 0 Å². The molecule has 0 unspecified atom stereocenters. The zero-order chi connectivity index (χ0) is 19.6. The second-order valence-electron chi connectivity index (χ2n) is 7.51. The van der Waals surface area contributed by atoms with E-state index in [0.717, 1.165) is 0 Å². The molecule has 2 fully saturated rings. The summed E-state index contributed by atoms with van der Waals surface area (Å²) in [6.07, 6.45) is 0.316. The summed E-state index contributed by atoms with van der Waals surface area (Å²) in [7, 11) is 4.99. The van der Waals surface area contributed by atoms with Crippen molar-refractivity contribution in [2.24, 2.45) is 5.41 Å². The van der Waals surface area contributed by atoms with Gasteiger partial charge in [0.15, 0.2) is 0 Å². The van der Waals surface area contributed by atoms with Crippen LogP contribution in [0.3, 0.4) is 0 Å². The Balaban J connectivity index is 1.84. The topological polar surface area (TPSA) is 82.2 Å². The van der Waals surface area contributed by atoms with Gasteiger partial charge < -0.3 is 24.8 Å². The van der Waals surface area contributed by atoms with Crippen LogP contribution in [0.4, 0.5) is 4.79 Å². The Morgan fingerprint density at radius 3 is 2.30 bits per heavy atom. The van der Waals surface area contributed by atoms with Gasteiger partial charge in [-0.3, -0.25) is 9.59 Å². The molecule has 4 amide bonds. The average molecular weight is 374 g/mol. The highest BCUT2D eigenvalue weighted by Crippen LogP contribution is 2.31. The molecule has 1 spiro atoms. The number of carbonyl (C=O) groups is 3. The first-order valence-electron chi connectivity index (χ1n) is 9.00. The molecule has 0 aliphatic carbocycles. The first-order chi connectivity index (χ1) is 12.8. The van der Waals surface area contributed by atoms with Crippen LogP contribution in [0.2, 0.25) is 0 Å². The number of methoxy groups -OCH3 is 1. The maximum absolute atomic E-state index is 13.1. The van der Waals surface area contributed by atoms with Crippen molar-refractivity contribution in [3.8, 4) is 5.75 Å². The quantitative estimate of drug-likeness (QED) is 0.824. The molecule has 2 aliphatic rings. The van der Waals surface area contributed by atoms with Gasteiger partial charge in [-0.15, -0.1) is 0 Å². The maximum atomic E-state index is 13.1. The fourth-order valence-electron chi connectivity index (χ4n) is 3.77. The Labute approximate surface area is 159 Å². The first kappa shape index (κ1) is 19.0. The number of hydrogen-bond donors (Lipinski definition) is 1. The second kappa shape index (κ2) is 7.46. The van der Waals surface area contributed by atoms with E-state index in [1.165, 1.54) is 4.90 Å². The van der Waals surface area contributed by atoms with Gasteiger partial charge in [0.25, 0.3) is 5.91 Å². The van der Waals surface area contributed by atoms with Crippen molar-refractivity contribution in [2.45, 2.75) is 6.42 Å². The Morgan fingerprint density at radius 2 is 1.74 bits per heavy atom. The van der Waals surface area contributed by atoms with Gasteiger partial charge in [0.1, 0.15) is 5.75 Å². The monoisotopic (exact) mass is 374 g/mol. The van der Waals surface area contributed by atoms with E-state index in [2.05, 4.69) is 5.32 Å². The molecule has 27 heavy (non-hydrogen) atoms. The van der Waals surface area contributed by atoms with E-state index in [4.69, 9.17) is 4.74 Å². The van der Waals surface area contributed by atoms with Gasteiger partial charge in [-0.1, -0.05) is 0 Å². The number of urea groups is 1. The maximum Gasteiger partial charge on any atom is 0.319 e. The zero-order valence-electron chi connectivity index (χ0n) is 16.0. The van der Waals surface area contributed by atoms with Crippen LogP contribution < -0.4 is 10.1 Å². The van der Waals surface area contributed by atoms with Crippen LogP contribution in [0.5, 0.6) is 5.75 Å². The zero-order valence-corrected chi connectivity index (χ0v) is 16.0. The third-order valence-corrected chi connectivity index (χ3v) is 5.17. The molecule has 2 aliphatic heterocycles. The lowest BCUT2D eigenvalue weighted by molar-refractivity contribution is -0.119. The lowest BCUT2D eigenvalue weighted by Crippen LogP contribution is -2.47. The summed E-state index contributed by atoms with van der Waals surface area (Å²) in [4.78, 5) is 42.5. The number of ether oxygens (including phenoxy) is 1. The molecule has 1 atom stereocenters. The molecule has 1 aromatic rings. The van der Waals surface area contributed by atoms with Crippen LogP contribution in [0, 0.1) is 5.41 Å². The van der Waals surface area contributed by atoms with Gasteiger partial charge in [-0.05, 0) is 24.3 Å². The molecule has 146 valence electrons. The van der Waals surface area contributed by atoms with E-state index in [9.17, 15) is 14.4 Å². The van der Waals surface area contributed by atoms with Crippen molar-refractivity contribution >= 4 is 17.8 Å². The predicted molar refractivity (Wildman–Crippen MR) is 99.6 cm³/mol. The van der Waals surface area contributed by atoms with Crippen LogP contribution in [0.15, 0.2) is 24.3 Å². The van der Waals surface area contributed by atoms with E-state index in [1.54, 1.807) is 55.3 Å². The molecule has 8 nitrogen and oxygen atoms in total. The van der Waals surface area contributed by atoms with E-state index in [-0.39, 0.29) is 17.8 Å². The molecule has 3 rings (SSSR count). The highest BCUT2D eigenvalue weighted by atomic mass is 16.5. The van der Waals surface area contributed by atoms with Crippen LogP contribution in [0.25, 0.3) is 0 Å². The van der Waals surface area contributed by atoms with Gasteiger partial charge in [0.2, 0.25) is 5.91 Å². The second-order valence-corrected chi connectivity index (χ2v) is 7.51. The number of carbonyl (C=O) groups excluding carboxylic acids is 3. The van der Waals surface area contributed by atoms with Crippen molar-refractivity contribution in [3.05, 3.63) is 29.8 Å². The van der Waals surface area contributed by atoms with Gasteiger partial charge in [0, 0.05) is 64.2 Å². The van der Waals surface area contributed by atoms with Gasteiger partial charge in [-0.25, -0.2) is 4.79 Å². The Kier molecular flexibility index (Phi) is 5.25. The number of hydrogen-bond acceptors (Lipinski definition) is 4. The molecule has 0 radical (unpaired) electrons. The molecule has 1 N–H and O–H groups in total. The first-order valence-corrected chi connectivity index (χ1v) is 9.00. The summed E-state index contributed by atoms with van der Waals surface area (Å²) in [5.74, 6) is 0.550. The highest BCUT2D eigenvalue weighted by molar-refractivity contribution is 5.94. The smallest absolute Gasteiger partial charge is 0.319 e. The van der Waals surface area contributed by atoms with Crippen molar-refractivity contribution in [1.29, 1.82) is 0 Å². The molecular formula is C19H26N4O4. The largest absolute Gasteiger partial charge is 0.497 e. The Morgan fingerprint density at radius 1 is 1.11 bits per heavy atom. The minimum absolute atomic E-state index is 0.0361. The Hall–Kier alpha value is -2.77. The third kappa shape index (κ3) is 3.99. The van der Waals surface area contributed by atoms with E-state index >= 15 is 0 Å². The lowest BCUT2D eigenvalue weighted by Gasteiger charge is -2.33. The van der Waals surface area contributed by atoms with E-state index in [0.29, 0.717) is 50.5 Å². The molecule has 8 heteroatoms. The van der Waals surface area contributed by atoms with Crippen LogP contribution in [-0.4, -0.2) is 86.5 Å². The summed E-state index contributed by atoms with van der Waals surface area (Å²) < 4.78 is 5.15. The predicted octanol–water partition coefficient (Wildman–Crippen LogP) is 0.641. The summed E-state index contributed by atoms with van der Waals surface area (Å²) in [6.45, 7) is 2.23. The van der Waals surface area contributed by atoms with E-state index in [1.807, 2.05) is 0 Å². The fourth-order valence-corrected chi connectivity index (χ4v) is 3.77. The number of amides is 4. The number of rotatable bonds is 2. The number of nitrogens with one attached hydrogen (secondary N) is 1. The van der Waals surface area contributed by atoms with Crippen molar-refractivity contribution < 1.29 is 19.1 Å². The van der Waals surface area contributed by atoms with E-state index < -0.39 is 5.41 Å². The van der Waals surface area contributed by atoms with Crippen molar-refractivity contribution in [3.63, 3.8) is 0 Å². The molecule has 0 aromatic heterocycles. The summed E-state index contributed by atoms with van der Waals surface area (Å²) in [6, 6.07) is 6.87. The SMILES string of the molecule is COc1ccc(C(=O)N2CCN(C(=O)N(C)C)C[C@@]3(CNC(=O)C3)C2)cc1. The molecule has 0 saturated carbocycles. The number of nitrogens with zero attached hydrogens (tertiary/aromatic N) is 3. The summed E-state index contributed by atoms with van der Waals surface area (Å²) in [5, 5.41) is 2.87. The normalized spacial score (nSPS) is 22.4. The highest BCUT2D eigenvalue weighted by Gasteiger charge is 2.45. The van der Waals surface area contributed by atoms with Crippen LogP contribution in [-0.2, 0) is 4.79 Å². The van der Waals surface area contributed by atoms with Crippen molar-refractivity contribution in [1.82, 2.24) is 20.0 Å². The summed E-state index contributed by atoms with van der Waals surface area (Å²) in [5.41, 5.74) is 0.108. The minimum Gasteiger partial charge on any atom is -0.497 e. The van der Waals surface area contributed by atoms with Gasteiger partial charge >= 0.3 is 6.03 Å². The molecule has 0 bridgehead atoms. The van der Waals surface area contributed by atoms with Gasteiger partial charge in [0.05, 0.1) is 7.11 Å². The third-order valence-electron chi connectivity index (χ3n) is 5.17. The summed E-state index contributed by atoms with van der Waals surface area (Å²) >= 11 is 0. The average Bonchev–Trinajstić information content (AvgIpc) is 2.91. The Bertz CT molecular complexity index is 734. The molecular weight excluding hydrogens is 348 g/mol. The lowest BCUT2D eigenvalue weighted by atomic mass is 9.86. The minimum atomic E-state index is -0.457. The number of benzene rings is 1. The van der Waals surface area contributed by atoms with Crippen LogP contribution >= 0.6 is 0 Å². The van der Waals surface area contributed by atoms with Crippen LogP contribution in [0.1, 0.15) is 16.8 Å². The fraction of sp³-hybridized carbons (Fsp3) is 0.526. The molecule has 2 saturated heterocycles. The molecule has 1 aromatic carbocycles. The van der Waals surface area contributed by atoms with Crippen molar-refractivity contribution in [2.75, 3.05) is 53.9 Å². The molecule has 2 heterocycles. The standard InChI is InChI=1S/C19H26N4O4/c1-21(2)18(26)23-9-8-22(12-19(13-23)10-16(24)20-11-19)17(25)14-4-6-15(27-3)7-5-14/h4-7H,8-13H2,1-3H3,(H,20,24)/t19-/m0/s1.